The van der Waals surface area contributed by atoms with Gasteiger partial charge in [-0.3, -0.25) is 9.48 Å². The molecule has 2 rings (SSSR count). The Labute approximate surface area is 120 Å². The fourth-order valence-electron chi connectivity index (χ4n) is 2.02. The molecule has 2 N–H and O–H groups in total. The van der Waals surface area contributed by atoms with Gasteiger partial charge in [0.1, 0.15) is 6.54 Å². The van der Waals surface area contributed by atoms with Crippen molar-refractivity contribution in [3.8, 4) is 0 Å². The summed E-state index contributed by atoms with van der Waals surface area (Å²) < 4.78 is 1.64. The summed E-state index contributed by atoms with van der Waals surface area (Å²) in [6.07, 6.45) is 5.44. The van der Waals surface area contributed by atoms with Gasteiger partial charge in [0.25, 0.3) is 0 Å². The van der Waals surface area contributed by atoms with Crippen LogP contribution in [0.1, 0.15) is 19.8 Å². The molecular formula is C11H20Cl2N4O. The van der Waals surface area contributed by atoms with E-state index >= 15 is 0 Å². The van der Waals surface area contributed by atoms with Crippen molar-refractivity contribution in [1.29, 1.82) is 0 Å². The van der Waals surface area contributed by atoms with E-state index in [0.717, 1.165) is 25.9 Å². The van der Waals surface area contributed by atoms with E-state index in [-0.39, 0.29) is 36.3 Å². The fourth-order valence-corrected chi connectivity index (χ4v) is 2.02. The summed E-state index contributed by atoms with van der Waals surface area (Å²) in [6, 6.07) is 1.82. The molecule has 0 atom stereocenters. The lowest BCUT2D eigenvalue weighted by atomic mass is 9.90. The van der Waals surface area contributed by atoms with Gasteiger partial charge in [-0.25, -0.2) is 0 Å². The molecule has 1 aliphatic rings. The van der Waals surface area contributed by atoms with Gasteiger partial charge in [0.2, 0.25) is 5.91 Å². The number of halogens is 2. The van der Waals surface area contributed by atoms with Crippen LogP contribution in [0.4, 0.5) is 0 Å². The monoisotopic (exact) mass is 294 g/mol. The Morgan fingerprint density at radius 3 is 2.67 bits per heavy atom. The van der Waals surface area contributed by atoms with Gasteiger partial charge in [-0.15, -0.1) is 24.8 Å². The van der Waals surface area contributed by atoms with Crippen molar-refractivity contribution in [2.75, 3.05) is 13.1 Å². The number of carbonyl (C=O) groups is 1. The van der Waals surface area contributed by atoms with Crippen LogP contribution in [0.25, 0.3) is 0 Å². The van der Waals surface area contributed by atoms with Gasteiger partial charge in [0, 0.05) is 17.9 Å². The third kappa shape index (κ3) is 4.84. The smallest absolute Gasteiger partial charge is 0.242 e. The van der Waals surface area contributed by atoms with Crippen molar-refractivity contribution >= 4 is 30.7 Å². The molecule has 18 heavy (non-hydrogen) atoms. The number of aromatic nitrogens is 2. The molecular weight excluding hydrogens is 275 g/mol. The number of nitrogens with zero attached hydrogens (tertiary/aromatic N) is 2. The van der Waals surface area contributed by atoms with E-state index in [1.807, 2.05) is 6.07 Å². The largest absolute Gasteiger partial charge is 0.349 e. The zero-order valence-corrected chi connectivity index (χ0v) is 12.0. The minimum atomic E-state index is -0.0600. The van der Waals surface area contributed by atoms with Crippen molar-refractivity contribution in [1.82, 2.24) is 20.4 Å². The SMILES string of the molecule is CC1(NC(=O)Cn2cccn2)CCNCC1.Cl.Cl. The summed E-state index contributed by atoms with van der Waals surface area (Å²) in [7, 11) is 0. The normalized spacial score (nSPS) is 17.2. The number of hydrogen-bond acceptors (Lipinski definition) is 3. The molecule has 1 fully saturated rings. The number of hydrogen-bond donors (Lipinski definition) is 2. The van der Waals surface area contributed by atoms with E-state index < -0.39 is 0 Å². The molecule has 1 saturated heterocycles. The van der Waals surface area contributed by atoms with E-state index in [0.29, 0.717) is 6.54 Å². The second-order valence-corrected chi connectivity index (χ2v) is 4.56. The first kappa shape index (κ1) is 17.2. The maximum atomic E-state index is 11.8. The van der Waals surface area contributed by atoms with Crippen LogP contribution in [-0.4, -0.2) is 34.3 Å². The Kier molecular flexibility index (Phi) is 7.28. The first-order valence-electron chi connectivity index (χ1n) is 5.67. The summed E-state index contributed by atoms with van der Waals surface area (Å²) in [5, 5.41) is 10.4. The molecule has 2 heterocycles. The number of piperidine rings is 1. The highest BCUT2D eigenvalue weighted by atomic mass is 35.5. The molecule has 1 aromatic heterocycles. The minimum absolute atomic E-state index is 0. The van der Waals surface area contributed by atoms with Crippen molar-refractivity contribution in [3.05, 3.63) is 18.5 Å². The average Bonchev–Trinajstić information content (AvgIpc) is 2.70. The number of rotatable bonds is 3. The molecule has 0 radical (unpaired) electrons. The summed E-state index contributed by atoms with van der Waals surface area (Å²) in [5.41, 5.74) is -0.0600. The van der Waals surface area contributed by atoms with Crippen LogP contribution < -0.4 is 10.6 Å². The molecule has 0 unspecified atom stereocenters. The van der Waals surface area contributed by atoms with Gasteiger partial charge >= 0.3 is 0 Å². The Bertz CT molecular complexity index is 350. The Morgan fingerprint density at radius 2 is 2.11 bits per heavy atom. The average molecular weight is 295 g/mol. The highest BCUT2D eigenvalue weighted by Gasteiger charge is 2.28. The Morgan fingerprint density at radius 1 is 1.44 bits per heavy atom. The van der Waals surface area contributed by atoms with Crippen LogP contribution in [0.15, 0.2) is 18.5 Å². The Balaban J connectivity index is 0.00000144. The van der Waals surface area contributed by atoms with Crippen LogP contribution in [0.2, 0.25) is 0 Å². The topological polar surface area (TPSA) is 59.0 Å². The first-order valence-corrected chi connectivity index (χ1v) is 5.67. The molecule has 1 amide bonds. The summed E-state index contributed by atoms with van der Waals surface area (Å²) in [4.78, 5) is 11.8. The molecule has 1 aromatic rings. The summed E-state index contributed by atoms with van der Waals surface area (Å²) in [6.45, 7) is 4.35. The third-order valence-electron chi connectivity index (χ3n) is 3.01. The van der Waals surface area contributed by atoms with Gasteiger partial charge in [-0.05, 0) is 38.9 Å². The van der Waals surface area contributed by atoms with E-state index in [4.69, 9.17) is 0 Å². The third-order valence-corrected chi connectivity index (χ3v) is 3.01. The van der Waals surface area contributed by atoms with Gasteiger partial charge < -0.3 is 10.6 Å². The molecule has 7 heteroatoms. The van der Waals surface area contributed by atoms with Gasteiger partial charge in [0.05, 0.1) is 0 Å². The van der Waals surface area contributed by atoms with Gasteiger partial charge in [-0.1, -0.05) is 0 Å². The molecule has 0 aromatic carbocycles. The second-order valence-electron chi connectivity index (χ2n) is 4.56. The van der Waals surface area contributed by atoms with Crippen LogP contribution in [0.3, 0.4) is 0 Å². The molecule has 0 saturated carbocycles. The lowest BCUT2D eigenvalue weighted by Gasteiger charge is -2.34. The zero-order chi connectivity index (χ0) is 11.4. The van der Waals surface area contributed by atoms with Crippen molar-refractivity contribution in [2.24, 2.45) is 0 Å². The van der Waals surface area contributed by atoms with Gasteiger partial charge in [-0.2, -0.15) is 5.10 Å². The maximum Gasteiger partial charge on any atom is 0.242 e. The molecule has 5 nitrogen and oxygen atoms in total. The van der Waals surface area contributed by atoms with Crippen molar-refractivity contribution < 1.29 is 4.79 Å². The van der Waals surface area contributed by atoms with Crippen molar-refractivity contribution in [3.63, 3.8) is 0 Å². The lowest BCUT2D eigenvalue weighted by molar-refractivity contribution is -0.123. The zero-order valence-electron chi connectivity index (χ0n) is 10.4. The number of carbonyl (C=O) groups excluding carboxylic acids is 1. The fraction of sp³-hybridized carbons (Fsp3) is 0.636. The van der Waals surface area contributed by atoms with Crippen LogP contribution in [0, 0.1) is 0 Å². The van der Waals surface area contributed by atoms with Gasteiger partial charge in [0.15, 0.2) is 0 Å². The second kappa shape index (κ2) is 7.61. The first-order chi connectivity index (χ1) is 7.68. The van der Waals surface area contributed by atoms with Crippen LogP contribution in [-0.2, 0) is 11.3 Å². The van der Waals surface area contributed by atoms with Crippen LogP contribution >= 0.6 is 24.8 Å². The van der Waals surface area contributed by atoms with Crippen LogP contribution in [0.5, 0.6) is 0 Å². The quantitative estimate of drug-likeness (QED) is 0.874. The van der Waals surface area contributed by atoms with E-state index in [1.54, 1.807) is 17.1 Å². The predicted molar refractivity (Wildman–Crippen MR) is 75.4 cm³/mol. The van der Waals surface area contributed by atoms with E-state index in [2.05, 4.69) is 22.7 Å². The van der Waals surface area contributed by atoms with Crippen molar-refractivity contribution in [2.45, 2.75) is 31.8 Å². The summed E-state index contributed by atoms with van der Waals surface area (Å²) >= 11 is 0. The molecule has 0 spiro atoms. The van der Waals surface area contributed by atoms with E-state index in [1.165, 1.54) is 0 Å². The number of amides is 1. The highest BCUT2D eigenvalue weighted by Crippen LogP contribution is 2.16. The summed E-state index contributed by atoms with van der Waals surface area (Å²) in [5.74, 6) is 0.0353. The van der Waals surface area contributed by atoms with E-state index in [9.17, 15) is 4.79 Å². The maximum absolute atomic E-state index is 11.8. The lowest BCUT2D eigenvalue weighted by Crippen LogP contribution is -2.53. The molecule has 1 aliphatic heterocycles. The predicted octanol–water partition coefficient (Wildman–Crippen LogP) is 0.985. The highest BCUT2D eigenvalue weighted by molar-refractivity contribution is 5.85. The number of nitrogens with one attached hydrogen (secondary N) is 2. The molecule has 0 bridgehead atoms. The Hall–Kier alpha value is -0.780. The standard InChI is InChI=1S/C11H18N4O.2ClH/c1-11(3-6-12-7-4-11)14-10(16)9-15-8-2-5-13-15;;/h2,5,8,12H,3-4,6-7,9H2,1H3,(H,14,16);2*1H. The minimum Gasteiger partial charge on any atom is -0.349 e. The molecule has 104 valence electrons. The molecule has 0 aliphatic carbocycles.